The Hall–Kier alpha value is -1.56. The highest BCUT2D eigenvalue weighted by Crippen LogP contribution is 2.20. The van der Waals surface area contributed by atoms with Gasteiger partial charge in [0.15, 0.2) is 0 Å². The van der Waals surface area contributed by atoms with Gasteiger partial charge in [-0.25, -0.2) is 0 Å². The zero-order valence-corrected chi connectivity index (χ0v) is 11.2. The van der Waals surface area contributed by atoms with Crippen molar-refractivity contribution in [3.8, 4) is 11.5 Å². The second kappa shape index (κ2) is 6.39. The third kappa shape index (κ3) is 4.75. The third-order valence-corrected chi connectivity index (χ3v) is 3.19. The van der Waals surface area contributed by atoms with Crippen molar-refractivity contribution in [1.82, 2.24) is 5.32 Å². The molecule has 0 aromatic heterocycles. The standard InChI is InChI=1S/C12H17NO4S/c1-8(3-4-18(2)17)13-12(16)9-5-10(14)7-11(15)6-9/h5-8,14-15H,3-4H2,1-2H3,(H,13,16). The van der Waals surface area contributed by atoms with E-state index in [4.69, 9.17) is 0 Å². The molecule has 1 aromatic carbocycles. The van der Waals surface area contributed by atoms with E-state index in [1.54, 1.807) is 6.26 Å². The first-order valence-electron chi connectivity index (χ1n) is 5.52. The van der Waals surface area contributed by atoms with Gasteiger partial charge in [0.1, 0.15) is 11.5 Å². The van der Waals surface area contributed by atoms with E-state index in [1.807, 2.05) is 6.92 Å². The largest absolute Gasteiger partial charge is 0.508 e. The van der Waals surface area contributed by atoms with E-state index in [0.29, 0.717) is 12.2 Å². The first-order chi connectivity index (χ1) is 8.38. The summed E-state index contributed by atoms with van der Waals surface area (Å²) in [5.41, 5.74) is 0.192. The first kappa shape index (κ1) is 14.5. The van der Waals surface area contributed by atoms with Crippen LogP contribution in [0.2, 0.25) is 0 Å². The van der Waals surface area contributed by atoms with Crippen LogP contribution in [0.25, 0.3) is 0 Å². The van der Waals surface area contributed by atoms with Crippen molar-refractivity contribution >= 4 is 16.7 Å². The average molecular weight is 271 g/mol. The van der Waals surface area contributed by atoms with Crippen LogP contribution in [0.15, 0.2) is 18.2 Å². The molecular formula is C12H17NO4S. The summed E-state index contributed by atoms with van der Waals surface area (Å²) in [6, 6.07) is 3.59. The molecule has 0 aliphatic heterocycles. The van der Waals surface area contributed by atoms with Crippen LogP contribution >= 0.6 is 0 Å². The molecule has 5 nitrogen and oxygen atoms in total. The molecule has 100 valence electrons. The van der Waals surface area contributed by atoms with Gasteiger partial charge >= 0.3 is 0 Å². The van der Waals surface area contributed by atoms with Crippen LogP contribution in [0.3, 0.4) is 0 Å². The summed E-state index contributed by atoms with van der Waals surface area (Å²) in [5.74, 6) is -0.187. The molecule has 0 fully saturated rings. The summed E-state index contributed by atoms with van der Waals surface area (Å²) < 4.78 is 10.9. The van der Waals surface area contributed by atoms with Crippen molar-refractivity contribution in [2.75, 3.05) is 12.0 Å². The summed E-state index contributed by atoms with van der Waals surface area (Å²) in [4.78, 5) is 11.8. The second-order valence-corrected chi connectivity index (χ2v) is 5.73. The maximum absolute atomic E-state index is 11.8. The van der Waals surface area contributed by atoms with E-state index in [0.717, 1.165) is 6.07 Å². The second-order valence-electron chi connectivity index (χ2n) is 4.18. The van der Waals surface area contributed by atoms with Crippen LogP contribution in [-0.2, 0) is 10.8 Å². The number of phenols is 2. The molecule has 6 heteroatoms. The minimum Gasteiger partial charge on any atom is -0.508 e. The smallest absolute Gasteiger partial charge is 0.251 e. The quantitative estimate of drug-likeness (QED) is 0.745. The Morgan fingerprint density at radius 3 is 2.39 bits per heavy atom. The molecule has 0 heterocycles. The molecule has 0 radical (unpaired) electrons. The van der Waals surface area contributed by atoms with Gasteiger partial charge in [0.05, 0.1) is 0 Å². The number of carbonyl (C=O) groups is 1. The Morgan fingerprint density at radius 1 is 1.33 bits per heavy atom. The molecule has 2 atom stereocenters. The number of phenolic OH excluding ortho intramolecular Hbond substituents is 2. The normalized spacial score (nSPS) is 13.9. The molecule has 1 amide bonds. The SMILES string of the molecule is CC(CCS(C)=O)NC(=O)c1cc(O)cc(O)c1. The van der Waals surface area contributed by atoms with Crippen LogP contribution in [0.4, 0.5) is 0 Å². The number of rotatable bonds is 5. The summed E-state index contributed by atoms with van der Waals surface area (Å²) in [6.45, 7) is 1.81. The minimum atomic E-state index is -0.884. The van der Waals surface area contributed by atoms with Gasteiger partial charge in [0.25, 0.3) is 5.91 Å². The van der Waals surface area contributed by atoms with Gasteiger partial charge in [0.2, 0.25) is 0 Å². The Kier molecular flexibility index (Phi) is 5.15. The van der Waals surface area contributed by atoms with Gasteiger partial charge in [-0.1, -0.05) is 0 Å². The highest BCUT2D eigenvalue weighted by Gasteiger charge is 2.12. The van der Waals surface area contributed by atoms with Crippen molar-refractivity contribution in [3.63, 3.8) is 0 Å². The number of amides is 1. The molecule has 0 aliphatic carbocycles. The molecular weight excluding hydrogens is 254 g/mol. The Morgan fingerprint density at radius 2 is 1.89 bits per heavy atom. The van der Waals surface area contributed by atoms with Crippen molar-refractivity contribution in [3.05, 3.63) is 23.8 Å². The van der Waals surface area contributed by atoms with Gasteiger partial charge in [-0.3, -0.25) is 9.00 Å². The molecule has 0 bridgehead atoms. The van der Waals surface area contributed by atoms with Crippen LogP contribution in [0, 0.1) is 0 Å². The highest BCUT2D eigenvalue weighted by molar-refractivity contribution is 7.84. The summed E-state index contributed by atoms with van der Waals surface area (Å²) >= 11 is 0. The Labute approximate surface area is 108 Å². The number of benzene rings is 1. The van der Waals surface area contributed by atoms with E-state index >= 15 is 0 Å². The van der Waals surface area contributed by atoms with Crippen molar-refractivity contribution < 1.29 is 19.2 Å². The number of aromatic hydroxyl groups is 2. The predicted octanol–water partition coefficient (Wildman–Crippen LogP) is 0.985. The van der Waals surface area contributed by atoms with Crippen molar-refractivity contribution in [2.24, 2.45) is 0 Å². The third-order valence-electron chi connectivity index (χ3n) is 2.38. The fraction of sp³-hybridized carbons (Fsp3) is 0.417. The molecule has 2 unspecified atom stereocenters. The summed E-state index contributed by atoms with van der Waals surface area (Å²) in [5, 5.41) is 21.3. The van der Waals surface area contributed by atoms with E-state index in [-0.39, 0.29) is 29.0 Å². The van der Waals surface area contributed by atoms with E-state index in [2.05, 4.69) is 5.32 Å². The number of nitrogens with one attached hydrogen (secondary N) is 1. The highest BCUT2D eigenvalue weighted by atomic mass is 32.2. The lowest BCUT2D eigenvalue weighted by Gasteiger charge is -2.13. The monoisotopic (exact) mass is 271 g/mol. The van der Waals surface area contributed by atoms with Gasteiger partial charge < -0.3 is 15.5 Å². The molecule has 18 heavy (non-hydrogen) atoms. The zero-order valence-electron chi connectivity index (χ0n) is 10.3. The Bertz CT molecular complexity index is 441. The van der Waals surface area contributed by atoms with Gasteiger partial charge in [-0.15, -0.1) is 0 Å². The van der Waals surface area contributed by atoms with Crippen LogP contribution < -0.4 is 5.32 Å². The molecule has 3 N–H and O–H groups in total. The van der Waals surface area contributed by atoms with Gasteiger partial charge in [0, 0.05) is 40.5 Å². The lowest BCUT2D eigenvalue weighted by atomic mass is 10.1. The van der Waals surface area contributed by atoms with Crippen molar-refractivity contribution in [1.29, 1.82) is 0 Å². The van der Waals surface area contributed by atoms with Crippen LogP contribution in [0.5, 0.6) is 11.5 Å². The number of carbonyl (C=O) groups excluding carboxylic acids is 1. The molecule has 0 aliphatic rings. The number of hydrogen-bond acceptors (Lipinski definition) is 4. The molecule has 0 saturated heterocycles. The van der Waals surface area contributed by atoms with Gasteiger partial charge in [-0.05, 0) is 25.5 Å². The topological polar surface area (TPSA) is 86.6 Å². The molecule has 1 aromatic rings. The zero-order chi connectivity index (χ0) is 13.7. The maximum atomic E-state index is 11.8. The van der Waals surface area contributed by atoms with Gasteiger partial charge in [-0.2, -0.15) is 0 Å². The minimum absolute atomic E-state index is 0.120. The van der Waals surface area contributed by atoms with E-state index in [9.17, 15) is 19.2 Å². The summed E-state index contributed by atoms with van der Waals surface area (Å²) in [7, 11) is -0.884. The van der Waals surface area contributed by atoms with Crippen LogP contribution in [-0.4, -0.2) is 38.4 Å². The fourth-order valence-corrected chi connectivity index (χ4v) is 2.13. The maximum Gasteiger partial charge on any atom is 0.251 e. The first-order valence-corrected chi connectivity index (χ1v) is 7.25. The fourth-order valence-electron chi connectivity index (χ4n) is 1.45. The molecule has 0 saturated carbocycles. The molecule has 0 spiro atoms. The van der Waals surface area contributed by atoms with Crippen LogP contribution in [0.1, 0.15) is 23.7 Å². The molecule has 1 rings (SSSR count). The van der Waals surface area contributed by atoms with E-state index in [1.165, 1.54) is 12.1 Å². The predicted molar refractivity (Wildman–Crippen MR) is 70.3 cm³/mol. The lowest BCUT2D eigenvalue weighted by Crippen LogP contribution is -2.33. The average Bonchev–Trinajstić information content (AvgIpc) is 2.25. The van der Waals surface area contributed by atoms with Crippen molar-refractivity contribution in [2.45, 2.75) is 19.4 Å². The Balaban J connectivity index is 2.61. The lowest BCUT2D eigenvalue weighted by molar-refractivity contribution is 0.0938. The summed E-state index contributed by atoms with van der Waals surface area (Å²) in [6.07, 6.45) is 2.22. The van der Waals surface area contributed by atoms with E-state index < -0.39 is 10.8 Å². The number of hydrogen-bond donors (Lipinski definition) is 3.